The maximum Gasteiger partial charge on any atom is 0.223 e. The number of fused-ring (bicyclic) bond motifs is 1. The zero-order valence-electron chi connectivity index (χ0n) is 16.9. The van der Waals surface area contributed by atoms with Gasteiger partial charge in [-0.25, -0.2) is 9.97 Å². The maximum atomic E-state index is 12.3. The minimum Gasteiger partial charge on any atom is -0.383 e. The highest BCUT2D eigenvalue weighted by Crippen LogP contribution is 2.37. The molecule has 3 heterocycles. The number of thiophene rings is 1. The molecule has 6 nitrogen and oxygen atoms in total. The Labute approximate surface area is 174 Å². The fraction of sp³-hybridized carbons (Fsp3) is 0.409. The predicted molar refractivity (Wildman–Crippen MR) is 117 cm³/mol. The standard InChI is InChI=1S/C22H26N4O2S/c1-15-24-20(26-11-8-17(9-12-26)21(27)23-10-13-28-2)18-14-19(29-22(18)25-15)16-6-4-3-5-7-16/h3-7,14,17H,8-13H2,1-2H3,(H,23,27). The molecule has 1 aromatic carbocycles. The largest absolute Gasteiger partial charge is 0.383 e. The minimum absolute atomic E-state index is 0.0592. The molecule has 0 unspecified atom stereocenters. The summed E-state index contributed by atoms with van der Waals surface area (Å²) in [4.78, 5) is 26.3. The molecule has 7 heteroatoms. The molecule has 0 bridgehead atoms. The maximum absolute atomic E-state index is 12.3. The molecule has 1 N–H and O–H groups in total. The Balaban J connectivity index is 1.52. The van der Waals surface area contributed by atoms with E-state index in [4.69, 9.17) is 9.72 Å². The van der Waals surface area contributed by atoms with Gasteiger partial charge < -0.3 is 15.0 Å². The van der Waals surface area contributed by atoms with Gasteiger partial charge in [0.15, 0.2) is 0 Å². The van der Waals surface area contributed by atoms with Crippen LogP contribution in [0, 0.1) is 12.8 Å². The number of carbonyl (C=O) groups excluding carboxylic acids is 1. The van der Waals surface area contributed by atoms with Crippen molar-refractivity contribution in [3.05, 3.63) is 42.2 Å². The molecule has 1 amide bonds. The van der Waals surface area contributed by atoms with Gasteiger partial charge in [0.1, 0.15) is 16.5 Å². The van der Waals surface area contributed by atoms with Crippen LogP contribution in [0.25, 0.3) is 20.7 Å². The van der Waals surface area contributed by atoms with Gasteiger partial charge in [0, 0.05) is 37.5 Å². The minimum atomic E-state index is 0.0592. The summed E-state index contributed by atoms with van der Waals surface area (Å²) in [6, 6.07) is 12.6. The van der Waals surface area contributed by atoms with E-state index in [0.717, 1.165) is 47.8 Å². The van der Waals surface area contributed by atoms with E-state index in [0.29, 0.717) is 13.2 Å². The molecule has 1 aliphatic heterocycles. The molecule has 1 aliphatic rings. The number of nitrogens with zero attached hydrogens (tertiary/aromatic N) is 3. The van der Waals surface area contributed by atoms with Crippen molar-refractivity contribution in [2.75, 3.05) is 38.3 Å². The monoisotopic (exact) mass is 410 g/mol. The number of amides is 1. The van der Waals surface area contributed by atoms with Crippen LogP contribution in [-0.2, 0) is 9.53 Å². The predicted octanol–water partition coefficient (Wildman–Crippen LogP) is 3.65. The zero-order valence-corrected chi connectivity index (χ0v) is 17.7. The zero-order chi connectivity index (χ0) is 20.2. The smallest absolute Gasteiger partial charge is 0.223 e. The molecular formula is C22H26N4O2S. The normalized spacial score (nSPS) is 15.0. The second-order valence-electron chi connectivity index (χ2n) is 7.34. The number of hydrogen-bond donors (Lipinski definition) is 1. The number of carbonyl (C=O) groups is 1. The average molecular weight is 411 g/mol. The lowest BCUT2D eigenvalue weighted by Gasteiger charge is -2.32. The van der Waals surface area contributed by atoms with Crippen LogP contribution in [0.15, 0.2) is 36.4 Å². The highest BCUT2D eigenvalue weighted by atomic mass is 32.1. The Morgan fingerprint density at radius 3 is 2.72 bits per heavy atom. The van der Waals surface area contributed by atoms with Gasteiger partial charge in [0.05, 0.1) is 12.0 Å². The summed E-state index contributed by atoms with van der Waals surface area (Å²) < 4.78 is 5.00. The number of benzene rings is 1. The molecule has 2 aromatic heterocycles. The molecule has 1 fully saturated rings. The Kier molecular flexibility index (Phi) is 6.06. The first-order chi connectivity index (χ1) is 14.2. The van der Waals surface area contributed by atoms with Crippen LogP contribution in [0.1, 0.15) is 18.7 Å². The molecule has 3 aromatic rings. The van der Waals surface area contributed by atoms with Crippen molar-refractivity contribution in [1.82, 2.24) is 15.3 Å². The quantitative estimate of drug-likeness (QED) is 0.629. The van der Waals surface area contributed by atoms with Crippen LogP contribution in [0.4, 0.5) is 5.82 Å². The van der Waals surface area contributed by atoms with Crippen molar-refractivity contribution < 1.29 is 9.53 Å². The Bertz CT molecular complexity index is 981. The van der Waals surface area contributed by atoms with E-state index in [9.17, 15) is 4.79 Å². The lowest BCUT2D eigenvalue weighted by atomic mass is 9.96. The summed E-state index contributed by atoms with van der Waals surface area (Å²) in [5.41, 5.74) is 1.20. The number of nitrogens with one attached hydrogen (secondary N) is 1. The molecule has 0 aliphatic carbocycles. The summed E-state index contributed by atoms with van der Waals surface area (Å²) in [5.74, 6) is 1.97. The third kappa shape index (κ3) is 4.41. The topological polar surface area (TPSA) is 67.3 Å². The highest BCUT2D eigenvalue weighted by Gasteiger charge is 2.27. The summed E-state index contributed by atoms with van der Waals surface area (Å²) >= 11 is 1.71. The number of anilines is 1. The lowest BCUT2D eigenvalue weighted by molar-refractivity contribution is -0.125. The summed E-state index contributed by atoms with van der Waals surface area (Å²) in [5, 5.41) is 4.06. The Morgan fingerprint density at radius 2 is 2.00 bits per heavy atom. The van der Waals surface area contributed by atoms with Crippen LogP contribution in [-0.4, -0.2) is 49.2 Å². The van der Waals surface area contributed by atoms with Gasteiger partial charge >= 0.3 is 0 Å². The molecule has 0 spiro atoms. The molecule has 152 valence electrons. The van der Waals surface area contributed by atoms with Gasteiger partial charge in [-0.15, -0.1) is 11.3 Å². The molecule has 4 rings (SSSR count). The molecule has 0 radical (unpaired) electrons. The van der Waals surface area contributed by atoms with Crippen LogP contribution >= 0.6 is 11.3 Å². The van der Waals surface area contributed by atoms with Crippen molar-refractivity contribution in [1.29, 1.82) is 0 Å². The number of ether oxygens (including phenoxy) is 1. The van der Waals surface area contributed by atoms with E-state index in [2.05, 4.69) is 45.5 Å². The lowest BCUT2D eigenvalue weighted by Crippen LogP contribution is -2.41. The van der Waals surface area contributed by atoms with Gasteiger partial charge in [-0.2, -0.15) is 0 Å². The summed E-state index contributed by atoms with van der Waals surface area (Å²) in [6.07, 6.45) is 1.66. The van der Waals surface area contributed by atoms with E-state index in [1.807, 2.05) is 13.0 Å². The van der Waals surface area contributed by atoms with Crippen molar-refractivity contribution in [2.45, 2.75) is 19.8 Å². The second-order valence-corrected chi connectivity index (χ2v) is 8.37. The first-order valence-corrected chi connectivity index (χ1v) is 10.8. The van der Waals surface area contributed by atoms with E-state index >= 15 is 0 Å². The molecule has 0 saturated carbocycles. The van der Waals surface area contributed by atoms with Gasteiger partial charge in [-0.3, -0.25) is 4.79 Å². The van der Waals surface area contributed by atoms with Gasteiger partial charge in [-0.05, 0) is 31.4 Å². The van der Waals surface area contributed by atoms with Crippen LogP contribution in [0.5, 0.6) is 0 Å². The SMILES string of the molecule is COCCNC(=O)C1CCN(c2nc(C)nc3sc(-c4ccccc4)cc23)CC1. The van der Waals surface area contributed by atoms with E-state index in [-0.39, 0.29) is 11.8 Å². The first-order valence-electron chi connectivity index (χ1n) is 10.0. The van der Waals surface area contributed by atoms with Crippen molar-refractivity contribution >= 4 is 33.3 Å². The van der Waals surface area contributed by atoms with E-state index < -0.39 is 0 Å². The fourth-order valence-corrected chi connectivity index (χ4v) is 4.85. The van der Waals surface area contributed by atoms with Crippen LogP contribution in [0.2, 0.25) is 0 Å². The van der Waals surface area contributed by atoms with Crippen LogP contribution < -0.4 is 10.2 Å². The highest BCUT2D eigenvalue weighted by molar-refractivity contribution is 7.21. The number of piperidine rings is 1. The molecular weight excluding hydrogens is 384 g/mol. The molecule has 1 saturated heterocycles. The third-order valence-corrected chi connectivity index (χ3v) is 6.39. The summed E-state index contributed by atoms with van der Waals surface area (Å²) in [6.45, 7) is 4.71. The fourth-order valence-electron chi connectivity index (χ4n) is 3.77. The Hall–Kier alpha value is -2.51. The van der Waals surface area contributed by atoms with E-state index in [1.54, 1.807) is 18.4 Å². The summed E-state index contributed by atoms with van der Waals surface area (Å²) in [7, 11) is 1.64. The van der Waals surface area contributed by atoms with Crippen molar-refractivity contribution in [2.24, 2.45) is 5.92 Å². The number of hydrogen-bond acceptors (Lipinski definition) is 6. The average Bonchev–Trinajstić information content (AvgIpc) is 3.18. The van der Waals surface area contributed by atoms with Gasteiger partial charge in [0.2, 0.25) is 5.91 Å². The van der Waals surface area contributed by atoms with Gasteiger partial charge in [0.25, 0.3) is 0 Å². The van der Waals surface area contributed by atoms with E-state index in [1.165, 1.54) is 10.4 Å². The van der Waals surface area contributed by atoms with Crippen molar-refractivity contribution in [3.63, 3.8) is 0 Å². The first kappa shape index (κ1) is 19.8. The number of aryl methyl sites for hydroxylation is 1. The molecule has 29 heavy (non-hydrogen) atoms. The second kappa shape index (κ2) is 8.88. The molecule has 0 atom stereocenters. The third-order valence-electron chi connectivity index (χ3n) is 5.31. The van der Waals surface area contributed by atoms with Crippen molar-refractivity contribution in [3.8, 4) is 10.4 Å². The Morgan fingerprint density at radius 1 is 1.24 bits per heavy atom. The van der Waals surface area contributed by atoms with Crippen LogP contribution in [0.3, 0.4) is 0 Å². The number of methoxy groups -OCH3 is 1. The number of aromatic nitrogens is 2. The number of rotatable bonds is 6. The van der Waals surface area contributed by atoms with Gasteiger partial charge in [-0.1, -0.05) is 30.3 Å².